The van der Waals surface area contributed by atoms with E-state index in [9.17, 15) is 0 Å². The average Bonchev–Trinajstić information content (AvgIpc) is 3.45. The Morgan fingerprint density at radius 1 is 0.683 bits per heavy atom. The molecule has 0 unspecified atom stereocenters. The number of pyridine rings is 2. The topological polar surface area (TPSA) is 38.9 Å². The number of hydrogen-bond donors (Lipinski definition) is 0. The van der Waals surface area contributed by atoms with Crippen LogP contribution in [0.4, 0.5) is 0 Å². The first-order valence-electron chi connectivity index (χ1n) is 17.2. The van der Waals surface area contributed by atoms with Gasteiger partial charge in [0.1, 0.15) is 5.58 Å². The monoisotopic (exact) mass is 720 g/mol. The molecule has 3 aromatic heterocycles. The van der Waals surface area contributed by atoms with Crippen molar-refractivity contribution in [3.63, 3.8) is 0 Å². The molecule has 0 aliphatic carbocycles. The van der Waals surface area contributed by atoms with E-state index >= 15 is 0 Å². The molecule has 41 heavy (non-hydrogen) atoms. The first kappa shape index (κ1) is 19.1. The van der Waals surface area contributed by atoms with Crippen molar-refractivity contribution in [3.05, 3.63) is 131 Å². The maximum atomic E-state index is 7.54. The Morgan fingerprint density at radius 3 is 2.24 bits per heavy atom. The summed E-state index contributed by atoms with van der Waals surface area (Å²) >= 11 is 0. The van der Waals surface area contributed by atoms with Crippen LogP contribution in [0.15, 0.2) is 95.7 Å². The molecular weight excluding hydrogens is 681 g/mol. The fraction of sp³-hybridized carbons (Fsp3) is 0.135. The van der Waals surface area contributed by atoms with Gasteiger partial charge in [0.05, 0.1) is 5.58 Å². The zero-order chi connectivity index (χ0) is 35.3. The van der Waals surface area contributed by atoms with Crippen molar-refractivity contribution in [2.75, 3.05) is 0 Å². The summed E-state index contributed by atoms with van der Waals surface area (Å²) in [6, 6.07) is 30.1. The third-order valence-corrected chi connectivity index (χ3v) is 6.94. The number of benzene rings is 4. The van der Waals surface area contributed by atoms with E-state index in [0.29, 0.717) is 5.56 Å². The quantitative estimate of drug-likeness (QED) is 0.167. The van der Waals surface area contributed by atoms with Gasteiger partial charge in [-0.1, -0.05) is 77.5 Å². The first-order valence-corrected chi connectivity index (χ1v) is 12.7. The van der Waals surface area contributed by atoms with Crippen molar-refractivity contribution in [3.8, 4) is 22.5 Å². The van der Waals surface area contributed by atoms with Crippen LogP contribution >= 0.6 is 0 Å². The summed E-state index contributed by atoms with van der Waals surface area (Å²) in [6.07, 6.45) is 2.94. The van der Waals surface area contributed by atoms with Gasteiger partial charge >= 0.3 is 0 Å². The van der Waals surface area contributed by atoms with Crippen LogP contribution in [0, 0.1) is 46.5 Å². The summed E-state index contributed by atoms with van der Waals surface area (Å²) in [4.78, 5) is 8.60. The van der Waals surface area contributed by atoms with E-state index in [-0.39, 0.29) is 42.5 Å². The van der Waals surface area contributed by atoms with Gasteiger partial charge in [0, 0.05) is 55.6 Å². The fourth-order valence-electron chi connectivity index (χ4n) is 4.61. The molecular formula is C37H30IrN2O-2. The number of fused-ring (bicyclic) bond motifs is 5. The third-order valence-electron chi connectivity index (χ3n) is 6.94. The molecule has 7 aromatic rings. The van der Waals surface area contributed by atoms with E-state index in [0.717, 1.165) is 44.8 Å². The van der Waals surface area contributed by atoms with Crippen LogP contribution in [0.2, 0.25) is 0 Å². The molecule has 0 N–H and O–H groups in total. The van der Waals surface area contributed by atoms with E-state index in [1.807, 2.05) is 18.3 Å². The second-order valence-corrected chi connectivity index (χ2v) is 9.62. The number of nitrogens with zero attached hydrogens (tertiary/aromatic N) is 2. The molecule has 0 amide bonds. The van der Waals surface area contributed by atoms with Crippen LogP contribution in [0.5, 0.6) is 0 Å². The second-order valence-electron chi connectivity index (χ2n) is 9.62. The van der Waals surface area contributed by atoms with Gasteiger partial charge in [-0.15, -0.1) is 53.6 Å². The molecule has 0 saturated carbocycles. The molecule has 3 nitrogen and oxygen atoms in total. The van der Waals surface area contributed by atoms with E-state index in [1.165, 1.54) is 40.8 Å². The zero-order valence-electron chi connectivity index (χ0n) is 31.3. The maximum Gasteiger partial charge on any atom is 0.128 e. The number of furan rings is 1. The first-order chi connectivity index (χ1) is 23.0. The summed E-state index contributed by atoms with van der Waals surface area (Å²) in [5.41, 5.74) is 6.06. The molecule has 0 spiro atoms. The van der Waals surface area contributed by atoms with Gasteiger partial charge in [0.25, 0.3) is 0 Å². The van der Waals surface area contributed by atoms with E-state index in [2.05, 4.69) is 78.4 Å². The van der Waals surface area contributed by atoms with Crippen LogP contribution < -0.4 is 0 Å². The predicted octanol–water partition coefficient (Wildman–Crippen LogP) is 9.69. The van der Waals surface area contributed by atoms with Crippen molar-refractivity contribution in [2.24, 2.45) is 0 Å². The summed E-state index contributed by atoms with van der Waals surface area (Å²) < 4.78 is 73.3. The van der Waals surface area contributed by atoms with Crippen LogP contribution in [0.3, 0.4) is 0 Å². The number of aromatic nitrogens is 2. The Hall–Kier alpha value is -4.11. The molecule has 0 bridgehead atoms. The van der Waals surface area contributed by atoms with Crippen LogP contribution in [-0.2, 0) is 20.1 Å². The minimum absolute atomic E-state index is 0. The molecule has 7 rings (SSSR count). The molecule has 0 aliphatic heterocycles. The smallest absolute Gasteiger partial charge is 0.128 e. The van der Waals surface area contributed by atoms with Crippen LogP contribution in [0.1, 0.15) is 40.2 Å². The molecule has 0 saturated heterocycles. The number of rotatable bonds is 2. The minimum atomic E-state index is -2.61. The van der Waals surface area contributed by atoms with Crippen molar-refractivity contribution >= 4 is 32.7 Å². The predicted molar refractivity (Wildman–Crippen MR) is 165 cm³/mol. The fourth-order valence-corrected chi connectivity index (χ4v) is 4.61. The molecule has 205 valence electrons. The van der Waals surface area contributed by atoms with Gasteiger partial charge in [-0.05, 0) is 55.5 Å². The minimum Gasteiger partial charge on any atom is -0.500 e. The van der Waals surface area contributed by atoms with Crippen molar-refractivity contribution in [2.45, 2.75) is 34.4 Å². The second kappa shape index (κ2) is 11.8. The van der Waals surface area contributed by atoms with Crippen molar-refractivity contribution in [1.82, 2.24) is 9.97 Å². The SMILES string of the molecule is Cc1cnc(-c2[c-]ccc3c2oc2c4ccccc4ccc32)cc1C.[2H]C([2H])([2H])c1c[c-]c(-c2cc(C([2H])([2H])[2H])c(C([2H])([2H])[2H])cn2)cc1.[Ir]. The Kier molecular flexibility index (Phi) is 5.49. The molecule has 0 atom stereocenters. The summed E-state index contributed by atoms with van der Waals surface area (Å²) in [5.74, 6) is 0. The average molecular weight is 720 g/mol. The zero-order valence-corrected chi connectivity index (χ0v) is 24.7. The van der Waals surface area contributed by atoms with Gasteiger partial charge in [-0.2, -0.15) is 0 Å². The van der Waals surface area contributed by atoms with E-state index < -0.39 is 20.6 Å². The van der Waals surface area contributed by atoms with Gasteiger partial charge in [0.2, 0.25) is 0 Å². The van der Waals surface area contributed by atoms with Gasteiger partial charge in [-0.3, -0.25) is 0 Å². The van der Waals surface area contributed by atoms with Gasteiger partial charge in [-0.25, -0.2) is 0 Å². The standard InChI is InChI=1S/C23H16NO.C14H14N.Ir/c1-14-12-21(24-13-15(14)2)20-9-5-8-18-19-11-10-16-6-3-4-7-17(16)22(19)25-23(18)20;1-10-4-6-13(7-5-10)14-8-11(2)12(3)9-15-14;/h3-8,10-13H,1-2H3;4-6,8-9H,1-3H3;/q2*-1;/i;1D3,2D3,3D3;. The molecule has 0 aliphatic rings. The molecule has 3 heterocycles. The Balaban J connectivity index is 0.000000191. The summed E-state index contributed by atoms with van der Waals surface area (Å²) in [6.45, 7) is -3.29. The Bertz CT molecular complexity index is 2320. The van der Waals surface area contributed by atoms with Gasteiger partial charge in [0.15, 0.2) is 0 Å². The van der Waals surface area contributed by atoms with Gasteiger partial charge < -0.3 is 14.4 Å². The van der Waals surface area contributed by atoms with E-state index in [4.69, 9.17) is 16.8 Å². The van der Waals surface area contributed by atoms with Crippen LogP contribution in [-0.4, -0.2) is 9.97 Å². The largest absolute Gasteiger partial charge is 0.500 e. The molecule has 4 aromatic carbocycles. The van der Waals surface area contributed by atoms with Crippen molar-refractivity contribution < 1.29 is 36.9 Å². The Labute approximate surface area is 267 Å². The van der Waals surface area contributed by atoms with E-state index in [1.54, 1.807) is 0 Å². The van der Waals surface area contributed by atoms with Crippen LogP contribution in [0.25, 0.3) is 55.2 Å². The number of aryl methyl sites for hydroxylation is 5. The number of hydrogen-bond acceptors (Lipinski definition) is 3. The Morgan fingerprint density at radius 2 is 1.46 bits per heavy atom. The maximum absolute atomic E-state index is 7.54. The summed E-state index contributed by atoms with van der Waals surface area (Å²) in [5, 5.41) is 4.56. The summed E-state index contributed by atoms with van der Waals surface area (Å²) in [7, 11) is 0. The third kappa shape index (κ3) is 5.59. The molecule has 4 heteroatoms. The normalized spacial score (nSPS) is 15.0. The molecule has 0 fully saturated rings. The molecule has 1 radical (unpaired) electrons. The van der Waals surface area contributed by atoms with Crippen molar-refractivity contribution in [1.29, 1.82) is 0 Å².